The minimum atomic E-state index is -0.173. The third-order valence-corrected chi connectivity index (χ3v) is 4.06. The summed E-state index contributed by atoms with van der Waals surface area (Å²) < 4.78 is 1.05. The highest BCUT2D eigenvalue weighted by atomic mass is 79.9. The third kappa shape index (κ3) is 2.92. The van der Waals surface area contributed by atoms with Gasteiger partial charge in [0.1, 0.15) is 6.04 Å². The number of carbonyl (C=O) groups excluding carboxylic acids is 1. The number of carbonyl (C=O) groups is 1. The molecule has 0 aliphatic carbocycles. The Morgan fingerprint density at radius 2 is 2.26 bits per heavy atom. The number of piperazine rings is 1. The average Bonchev–Trinajstić information content (AvgIpc) is 2.36. The normalized spacial score (nSPS) is 23.4. The van der Waals surface area contributed by atoms with Crippen molar-refractivity contribution in [3.05, 3.63) is 28.2 Å². The van der Waals surface area contributed by atoms with Crippen LogP contribution in [0.2, 0.25) is 0 Å². The number of hydrogen-bond donors (Lipinski definition) is 2. The lowest BCUT2D eigenvalue weighted by molar-refractivity contribution is -0.123. The van der Waals surface area contributed by atoms with Gasteiger partial charge in [-0.1, -0.05) is 15.9 Å². The van der Waals surface area contributed by atoms with E-state index in [0.717, 1.165) is 15.7 Å². The van der Waals surface area contributed by atoms with Crippen molar-refractivity contribution in [3.8, 4) is 0 Å². The summed E-state index contributed by atoms with van der Waals surface area (Å²) in [7, 11) is 0. The molecule has 1 aromatic carbocycles. The fourth-order valence-corrected chi connectivity index (χ4v) is 3.12. The first-order chi connectivity index (χ1) is 9.04. The molecular weight excluding hydrogens is 306 g/mol. The van der Waals surface area contributed by atoms with Crippen molar-refractivity contribution in [2.45, 2.75) is 32.4 Å². The first kappa shape index (κ1) is 14.3. The fraction of sp³-hybridized carbons (Fsp3) is 0.500. The Balaban J connectivity index is 2.39. The van der Waals surface area contributed by atoms with Gasteiger partial charge in [0.15, 0.2) is 0 Å². The van der Waals surface area contributed by atoms with Gasteiger partial charge in [0.05, 0.1) is 0 Å². The van der Waals surface area contributed by atoms with Crippen LogP contribution in [0.1, 0.15) is 18.9 Å². The second kappa shape index (κ2) is 5.92. The van der Waals surface area contributed by atoms with Crippen molar-refractivity contribution in [3.63, 3.8) is 0 Å². The summed E-state index contributed by atoms with van der Waals surface area (Å²) in [4.78, 5) is 14.3. The van der Waals surface area contributed by atoms with Gasteiger partial charge in [0, 0.05) is 22.7 Å². The zero-order valence-electron chi connectivity index (χ0n) is 11.3. The lowest BCUT2D eigenvalue weighted by Gasteiger charge is -2.42. The van der Waals surface area contributed by atoms with Gasteiger partial charge in [-0.15, -0.1) is 0 Å². The Kier molecular flexibility index (Phi) is 4.47. The molecule has 1 aliphatic rings. The fourth-order valence-electron chi connectivity index (χ4n) is 2.64. The van der Waals surface area contributed by atoms with Crippen LogP contribution in [-0.2, 0) is 4.79 Å². The van der Waals surface area contributed by atoms with E-state index in [4.69, 9.17) is 5.73 Å². The molecule has 1 saturated heterocycles. The number of nitrogens with two attached hydrogens (primary N) is 1. The van der Waals surface area contributed by atoms with Gasteiger partial charge in [-0.25, -0.2) is 0 Å². The van der Waals surface area contributed by atoms with Crippen LogP contribution >= 0.6 is 15.9 Å². The van der Waals surface area contributed by atoms with Crippen molar-refractivity contribution in [2.75, 3.05) is 18.0 Å². The van der Waals surface area contributed by atoms with E-state index in [1.807, 2.05) is 6.07 Å². The van der Waals surface area contributed by atoms with Crippen LogP contribution < -0.4 is 16.0 Å². The summed E-state index contributed by atoms with van der Waals surface area (Å²) in [6.07, 6.45) is 0.672. The molecule has 0 saturated carbocycles. The van der Waals surface area contributed by atoms with Crippen molar-refractivity contribution in [1.82, 2.24) is 5.32 Å². The molecule has 2 rings (SSSR count). The van der Waals surface area contributed by atoms with Gasteiger partial charge in [-0.2, -0.15) is 0 Å². The Morgan fingerprint density at radius 3 is 2.89 bits per heavy atom. The predicted molar refractivity (Wildman–Crippen MR) is 81.3 cm³/mol. The number of aryl methyl sites for hydroxylation is 1. The van der Waals surface area contributed by atoms with Gasteiger partial charge in [-0.3, -0.25) is 4.79 Å². The smallest absolute Gasteiger partial charge is 0.242 e. The molecule has 0 bridgehead atoms. The van der Waals surface area contributed by atoms with Crippen LogP contribution in [0.25, 0.3) is 0 Å². The summed E-state index contributed by atoms with van der Waals surface area (Å²) in [6.45, 7) is 5.38. The molecular formula is C14H20BrN3O. The molecule has 19 heavy (non-hydrogen) atoms. The van der Waals surface area contributed by atoms with Crippen molar-refractivity contribution < 1.29 is 4.79 Å². The van der Waals surface area contributed by atoms with Crippen LogP contribution in [0.5, 0.6) is 0 Å². The third-order valence-electron chi connectivity index (χ3n) is 3.56. The number of nitrogens with zero attached hydrogens (tertiary/aromatic N) is 1. The van der Waals surface area contributed by atoms with Gasteiger partial charge in [0.2, 0.25) is 5.91 Å². The van der Waals surface area contributed by atoms with Gasteiger partial charge in [0.25, 0.3) is 0 Å². The standard InChI is InChI=1S/C14H20BrN3O/c1-9-7-11(15)3-4-12(9)18-10(2)8-17-14(19)13(18)5-6-16/h3-4,7,10,13H,5-6,8,16H2,1-2H3,(H,17,19). The monoisotopic (exact) mass is 325 g/mol. The van der Waals surface area contributed by atoms with E-state index in [1.54, 1.807) is 0 Å². The maximum Gasteiger partial charge on any atom is 0.242 e. The first-order valence-corrected chi connectivity index (χ1v) is 7.36. The number of amides is 1. The largest absolute Gasteiger partial charge is 0.355 e. The SMILES string of the molecule is Cc1cc(Br)ccc1N1C(C)CNC(=O)C1CCN. The van der Waals surface area contributed by atoms with Crippen molar-refractivity contribution in [1.29, 1.82) is 0 Å². The number of halogens is 1. The molecule has 1 aliphatic heterocycles. The molecule has 5 heteroatoms. The molecule has 0 spiro atoms. The number of rotatable bonds is 3. The lowest BCUT2D eigenvalue weighted by Crippen LogP contribution is -2.60. The summed E-state index contributed by atoms with van der Waals surface area (Å²) in [6, 6.07) is 6.26. The van der Waals surface area contributed by atoms with Crippen molar-refractivity contribution in [2.24, 2.45) is 5.73 Å². The molecule has 1 fully saturated rings. The van der Waals surface area contributed by atoms with E-state index in [-0.39, 0.29) is 18.0 Å². The second-order valence-electron chi connectivity index (χ2n) is 5.03. The maximum atomic E-state index is 12.1. The molecule has 1 heterocycles. The van der Waals surface area contributed by atoms with Crippen LogP contribution in [0.4, 0.5) is 5.69 Å². The van der Waals surface area contributed by atoms with Gasteiger partial charge >= 0.3 is 0 Å². The highest BCUT2D eigenvalue weighted by molar-refractivity contribution is 9.10. The minimum absolute atomic E-state index is 0.0749. The van der Waals surface area contributed by atoms with E-state index in [9.17, 15) is 4.79 Å². The molecule has 3 N–H and O–H groups in total. The Morgan fingerprint density at radius 1 is 1.53 bits per heavy atom. The molecule has 1 aromatic rings. The van der Waals surface area contributed by atoms with Gasteiger partial charge < -0.3 is 16.0 Å². The molecule has 1 amide bonds. The van der Waals surface area contributed by atoms with Crippen LogP contribution in [0, 0.1) is 6.92 Å². The summed E-state index contributed by atoms with van der Waals surface area (Å²) >= 11 is 3.48. The van der Waals surface area contributed by atoms with Crippen molar-refractivity contribution >= 4 is 27.5 Å². The molecule has 4 nitrogen and oxygen atoms in total. The summed E-state index contributed by atoms with van der Waals surface area (Å²) in [5, 5.41) is 2.95. The van der Waals surface area contributed by atoms with E-state index in [0.29, 0.717) is 19.5 Å². The highest BCUT2D eigenvalue weighted by Gasteiger charge is 2.34. The van der Waals surface area contributed by atoms with Crippen LogP contribution in [0.15, 0.2) is 22.7 Å². The zero-order chi connectivity index (χ0) is 14.0. The summed E-state index contributed by atoms with van der Waals surface area (Å²) in [5.74, 6) is 0.0749. The number of nitrogens with one attached hydrogen (secondary N) is 1. The average molecular weight is 326 g/mol. The Labute approximate surface area is 122 Å². The molecule has 2 unspecified atom stereocenters. The molecule has 0 radical (unpaired) electrons. The quantitative estimate of drug-likeness (QED) is 0.890. The Bertz CT molecular complexity index is 478. The maximum absolute atomic E-state index is 12.1. The second-order valence-corrected chi connectivity index (χ2v) is 5.94. The summed E-state index contributed by atoms with van der Waals surface area (Å²) in [5.41, 5.74) is 7.93. The predicted octanol–water partition coefficient (Wildman–Crippen LogP) is 1.80. The van der Waals surface area contributed by atoms with E-state index < -0.39 is 0 Å². The Hall–Kier alpha value is -1.07. The molecule has 0 aromatic heterocycles. The topological polar surface area (TPSA) is 58.4 Å². The highest BCUT2D eigenvalue weighted by Crippen LogP contribution is 2.29. The molecule has 104 valence electrons. The first-order valence-electron chi connectivity index (χ1n) is 6.57. The van der Waals surface area contributed by atoms with E-state index >= 15 is 0 Å². The van der Waals surface area contributed by atoms with E-state index in [2.05, 4.69) is 52.1 Å². The van der Waals surface area contributed by atoms with Crippen LogP contribution in [0.3, 0.4) is 0 Å². The number of benzene rings is 1. The zero-order valence-corrected chi connectivity index (χ0v) is 12.9. The lowest BCUT2D eigenvalue weighted by atomic mass is 10.0. The number of hydrogen-bond acceptors (Lipinski definition) is 3. The minimum Gasteiger partial charge on any atom is -0.355 e. The van der Waals surface area contributed by atoms with E-state index in [1.165, 1.54) is 0 Å². The number of anilines is 1. The molecule has 2 atom stereocenters. The van der Waals surface area contributed by atoms with Gasteiger partial charge in [-0.05, 0) is 50.6 Å². The van der Waals surface area contributed by atoms with Crippen LogP contribution in [-0.4, -0.2) is 31.1 Å².